The predicted molar refractivity (Wildman–Crippen MR) is 108 cm³/mol. The Labute approximate surface area is 157 Å². The highest BCUT2D eigenvalue weighted by atomic mass is 28.4. The zero-order chi connectivity index (χ0) is 19.6. The highest BCUT2D eigenvalue weighted by Gasteiger charge is 2.50. The van der Waals surface area contributed by atoms with Gasteiger partial charge in [0.2, 0.25) is 8.32 Å². The van der Waals surface area contributed by atoms with Gasteiger partial charge >= 0.3 is 0 Å². The van der Waals surface area contributed by atoms with Crippen molar-refractivity contribution in [2.24, 2.45) is 5.41 Å². The van der Waals surface area contributed by atoms with Crippen molar-refractivity contribution in [3.63, 3.8) is 0 Å². The molecule has 0 amide bonds. The van der Waals surface area contributed by atoms with E-state index in [0.717, 1.165) is 6.42 Å². The van der Waals surface area contributed by atoms with Crippen molar-refractivity contribution in [3.05, 3.63) is 0 Å². The fourth-order valence-electron chi connectivity index (χ4n) is 4.11. The Balaban J connectivity index is 3.11. The molecule has 150 valence electrons. The molecule has 0 saturated carbocycles. The molecule has 1 fully saturated rings. The smallest absolute Gasteiger partial charge is 0.203 e. The van der Waals surface area contributed by atoms with Crippen molar-refractivity contribution in [2.75, 3.05) is 6.61 Å². The molecule has 1 heterocycles. The fourth-order valence-corrected chi connectivity index (χ4v) is 9.67. The van der Waals surface area contributed by atoms with Crippen LogP contribution in [-0.4, -0.2) is 33.2 Å². The lowest BCUT2D eigenvalue weighted by Gasteiger charge is -2.48. The Kier molecular flexibility index (Phi) is 7.75. The Morgan fingerprint density at radius 2 is 1.56 bits per heavy atom. The molecule has 0 aromatic rings. The normalized spacial score (nSPS) is 23.0. The molecule has 1 N–H and O–H groups in total. The molecule has 1 saturated heterocycles. The minimum atomic E-state index is -2.02. The lowest BCUT2D eigenvalue weighted by Crippen LogP contribution is -2.55. The molecule has 4 nitrogen and oxygen atoms in total. The third-order valence-corrected chi connectivity index (χ3v) is 12.0. The van der Waals surface area contributed by atoms with Crippen LogP contribution in [0.4, 0.5) is 0 Å². The van der Waals surface area contributed by atoms with E-state index in [-0.39, 0.29) is 23.7 Å². The van der Waals surface area contributed by atoms with Gasteiger partial charge in [0.1, 0.15) is 12.0 Å². The first-order valence-corrected chi connectivity index (χ1v) is 12.2. The van der Waals surface area contributed by atoms with Gasteiger partial charge in [-0.25, -0.2) is 0 Å². The highest BCUT2D eigenvalue weighted by Crippen LogP contribution is 2.45. The molecule has 1 aliphatic rings. The summed E-state index contributed by atoms with van der Waals surface area (Å²) in [5, 5.41) is 3.42. The van der Waals surface area contributed by atoms with Gasteiger partial charge in [0, 0.05) is 5.41 Å². The Bertz CT molecular complexity index is 399. The van der Waals surface area contributed by atoms with E-state index in [0.29, 0.717) is 23.2 Å². The van der Waals surface area contributed by atoms with Gasteiger partial charge in [-0.2, -0.15) is 0 Å². The highest BCUT2D eigenvalue weighted by molar-refractivity contribution is 6.77. The summed E-state index contributed by atoms with van der Waals surface area (Å²) in [6.07, 6.45) is 0.656. The van der Waals surface area contributed by atoms with Crippen molar-refractivity contribution in [3.8, 4) is 0 Å². The van der Waals surface area contributed by atoms with Crippen molar-refractivity contribution >= 4 is 8.32 Å². The van der Waals surface area contributed by atoms with Crippen molar-refractivity contribution in [2.45, 2.75) is 117 Å². The van der Waals surface area contributed by atoms with Crippen LogP contribution < -0.4 is 5.32 Å². The van der Waals surface area contributed by atoms with Crippen LogP contribution in [0.2, 0.25) is 16.6 Å². The lowest BCUT2D eigenvalue weighted by molar-refractivity contribution is -0.188. The number of ether oxygens (including phenoxy) is 2. The summed E-state index contributed by atoms with van der Waals surface area (Å²) in [7, 11) is -2.02. The van der Waals surface area contributed by atoms with E-state index in [9.17, 15) is 0 Å². The zero-order valence-corrected chi connectivity index (χ0v) is 19.5. The second-order valence-electron chi connectivity index (χ2n) is 9.70. The Hall–Kier alpha value is 0.0569. The lowest BCUT2D eigenvalue weighted by atomic mass is 9.89. The first-order valence-electron chi connectivity index (χ1n) is 10.0. The van der Waals surface area contributed by atoms with E-state index >= 15 is 0 Å². The van der Waals surface area contributed by atoms with Crippen LogP contribution in [-0.2, 0) is 13.9 Å². The summed E-state index contributed by atoms with van der Waals surface area (Å²) in [6, 6.07) is 0. The molecule has 25 heavy (non-hydrogen) atoms. The number of rotatable bonds is 9. The van der Waals surface area contributed by atoms with Gasteiger partial charge in [-0.3, -0.25) is 5.32 Å². The third kappa shape index (κ3) is 5.29. The standard InChI is InChI=1S/C20H43NO3Si/c1-12-19(8,9)18(23-17-13-22-20(10,11)21-17)24-25(14(2)3,15(4)5)16(6)7/h14-18,21H,12-13H2,1-11H3. The van der Waals surface area contributed by atoms with Crippen LogP contribution in [0.1, 0.15) is 82.6 Å². The number of hydrogen-bond acceptors (Lipinski definition) is 4. The molecule has 2 atom stereocenters. The predicted octanol–water partition coefficient (Wildman–Crippen LogP) is 5.64. The van der Waals surface area contributed by atoms with Gasteiger partial charge in [-0.15, -0.1) is 0 Å². The van der Waals surface area contributed by atoms with Gasteiger partial charge in [0.15, 0.2) is 6.29 Å². The largest absolute Gasteiger partial charge is 0.391 e. The minimum absolute atomic E-state index is 0.0503. The topological polar surface area (TPSA) is 39.7 Å². The maximum Gasteiger partial charge on any atom is 0.203 e. The van der Waals surface area contributed by atoms with E-state index < -0.39 is 8.32 Å². The fraction of sp³-hybridized carbons (Fsp3) is 1.00. The Morgan fingerprint density at radius 3 is 1.88 bits per heavy atom. The van der Waals surface area contributed by atoms with E-state index in [1.165, 1.54) is 0 Å². The SMILES string of the molecule is CCC(C)(C)C(OC1COC(C)(C)N1)O[Si](C(C)C)(C(C)C)C(C)C. The second-order valence-corrected chi connectivity index (χ2v) is 15.1. The first kappa shape index (κ1) is 23.1. The number of hydrogen-bond donors (Lipinski definition) is 1. The van der Waals surface area contributed by atoms with E-state index in [2.05, 4.69) is 67.6 Å². The summed E-state index contributed by atoms with van der Waals surface area (Å²) in [5.74, 6) is 0. The van der Waals surface area contributed by atoms with E-state index in [4.69, 9.17) is 13.9 Å². The first-order chi connectivity index (χ1) is 11.3. The molecule has 1 aliphatic heterocycles. The molecule has 2 unspecified atom stereocenters. The monoisotopic (exact) mass is 373 g/mol. The van der Waals surface area contributed by atoms with Gasteiger partial charge in [-0.1, -0.05) is 62.3 Å². The molecule has 0 aromatic carbocycles. The summed E-state index contributed by atoms with van der Waals surface area (Å²) >= 11 is 0. The molecule has 0 aromatic heterocycles. The van der Waals surface area contributed by atoms with Crippen LogP contribution in [0.15, 0.2) is 0 Å². The van der Waals surface area contributed by atoms with E-state index in [1.807, 2.05) is 13.8 Å². The molecule has 0 bridgehead atoms. The van der Waals surface area contributed by atoms with Crippen LogP contribution in [0.5, 0.6) is 0 Å². The molecule has 0 spiro atoms. The molecule has 5 heteroatoms. The molecular weight excluding hydrogens is 330 g/mol. The van der Waals surface area contributed by atoms with E-state index in [1.54, 1.807) is 0 Å². The van der Waals surface area contributed by atoms with Gasteiger partial charge in [0.05, 0.1) is 6.61 Å². The molecule has 0 radical (unpaired) electrons. The maximum absolute atomic E-state index is 7.03. The average molecular weight is 374 g/mol. The summed E-state index contributed by atoms with van der Waals surface area (Å²) in [4.78, 5) is 0. The summed E-state index contributed by atoms with van der Waals surface area (Å²) in [6.45, 7) is 25.3. The van der Waals surface area contributed by atoms with Crippen molar-refractivity contribution in [1.82, 2.24) is 5.32 Å². The zero-order valence-electron chi connectivity index (χ0n) is 18.5. The molecule has 1 rings (SSSR count). The third-order valence-electron chi connectivity index (χ3n) is 5.96. The second kappa shape index (κ2) is 8.38. The minimum Gasteiger partial charge on any atom is -0.391 e. The summed E-state index contributed by atoms with van der Waals surface area (Å²) < 4.78 is 19.3. The molecule has 0 aliphatic carbocycles. The molecular formula is C20H43NO3Si. The summed E-state index contributed by atoms with van der Waals surface area (Å²) in [5.41, 5.74) is 1.22. The van der Waals surface area contributed by atoms with Crippen molar-refractivity contribution < 1.29 is 13.9 Å². The van der Waals surface area contributed by atoms with Crippen LogP contribution >= 0.6 is 0 Å². The van der Waals surface area contributed by atoms with Crippen LogP contribution in [0.25, 0.3) is 0 Å². The average Bonchev–Trinajstić information content (AvgIpc) is 2.80. The van der Waals surface area contributed by atoms with Gasteiger partial charge in [-0.05, 0) is 36.9 Å². The van der Waals surface area contributed by atoms with Gasteiger partial charge < -0.3 is 13.9 Å². The van der Waals surface area contributed by atoms with Crippen LogP contribution in [0.3, 0.4) is 0 Å². The van der Waals surface area contributed by atoms with Crippen molar-refractivity contribution in [1.29, 1.82) is 0 Å². The Morgan fingerprint density at radius 1 is 1.08 bits per heavy atom. The maximum atomic E-state index is 7.03. The number of nitrogens with one attached hydrogen (secondary N) is 1. The quantitative estimate of drug-likeness (QED) is 0.419. The van der Waals surface area contributed by atoms with Crippen LogP contribution in [0, 0.1) is 5.41 Å². The van der Waals surface area contributed by atoms with Gasteiger partial charge in [0.25, 0.3) is 0 Å².